The first-order valence-corrected chi connectivity index (χ1v) is 7.63. The molecule has 1 aromatic carbocycles. The summed E-state index contributed by atoms with van der Waals surface area (Å²) in [6.07, 6.45) is 0. The number of halogens is 2. The van der Waals surface area contributed by atoms with Crippen LogP contribution in [-0.2, 0) is 16.6 Å². The first-order valence-electron chi connectivity index (χ1n) is 4.74. The molecule has 0 spiro atoms. The quantitative estimate of drug-likeness (QED) is 0.873. The van der Waals surface area contributed by atoms with Gasteiger partial charge in [-0.1, -0.05) is 23.2 Å². The Bertz CT molecular complexity index is 568. The van der Waals surface area contributed by atoms with Gasteiger partial charge in [-0.05, 0) is 30.3 Å². The van der Waals surface area contributed by atoms with Gasteiger partial charge in [0.2, 0.25) is 0 Å². The van der Waals surface area contributed by atoms with E-state index >= 15 is 0 Å². The van der Waals surface area contributed by atoms with Crippen LogP contribution in [0.1, 0.15) is 4.88 Å². The van der Waals surface area contributed by atoms with Crippen LogP contribution in [0.15, 0.2) is 35.2 Å². The van der Waals surface area contributed by atoms with Crippen LogP contribution >= 0.6 is 34.5 Å². The van der Waals surface area contributed by atoms with Gasteiger partial charge in [0, 0.05) is 9.77 Å². The highest BCUT2D eigenvalue weighted by Crippen LogP contribution is 2.26. The summed E-state index contributed by atoms with van der Waals surface area (Å²) in [7, 11) is -1.13. The Balaban J connectivity index is 2.17. The summed E-state index contributed by atoms with van der Waals surface area (Å²) in [4.78, 5) is 1.66. The third-order valence-corrected chi connectivity index (χ3v) is 5.23. The van der Waals surface area contributed by atoms with E-state index in [0.717, 1.165) is 4.88 Å². The molecule has 1 heterocycles. The van der Waals surface area contributed by atoms with Crippen molar-refractivity contribution >= 4 is 51.0 Å². The molecule has 2 rings (SSSR count). The third-order valence-electron chi connectivity index (χ3n) is 2.14. The van der Waals surface area contributed by atoms with E-state index in [2.05, 4.69) is 0 Å². The molecule has 0 saturated heterocycles. The smallest absolute Gasteiger partial charge is 0.0931 e. The van der Waals surface area contributed by atoms with Crippen LogP contribution in [0.2, 0.25) is 9.36 Å². The van der Waals surface area contributed by atoms with Gasteiger partial charge in [-0.25, -0.2) is 0 Å². The second kappa shape index (κ2) is 5.40. The van der Waals surface area contributed by atoms with E-state index in [1.807, 2.05) is 6.07 Å². The van der Waals surface area contributed by atoms with Crippen molar-refractivity contribution in [2.75, 3.05) is 5.73 Å². The zero-order valence-corrected chi connectivity index (χ0v) is 11.8. The molecule has 0 radical (unpaired) electrons. The number of hydrogen-bond acceptors (Lipinski definition) is 3. The zero-order valence-electron chi connectivity index (χ0n) is 8.65. The van der Waals surface area contributed by atoms with Crippen molar-refractivity contribution in [3.8, 4) is 0 Å². The summed E-state index contributed by atoms with van der Waals surface area (Å²) in [6.45, 7) is 0. The Morgan fingerprint density at radius 3 is 2.59 bits per heavy atom. The van der Waals surface area contributed by atoms with Crippen LogP contribution in [-0.4, -0.2) is 4.21 Å². The second-order valence-corrected chi connectivity index (χ2v) is 7.04. The fourth-order valence-electron chi connectivity index (χ4n) is 1.29. The van der Waals surface area contributed by atoms with Crippen LogP contribution < -0.4 is 5.73 Å². The Kier molecular flexibility index (Phi) is 4.09. The van der Waals surface area contributed by atoms with Crippen LogP contribution in [0.4, 0.5) is 5.69 Å². The van der Waals surface area contributed by atoms with Crippen LogP contribution in [0.25, 0.3) is 0 Å². The largest absolute Gasteiger partial charge is 0.398 e. The Morgan fingerprint density at radius 2 is 2.00 bits per heavy atom. The molecule has 90 valence electrons. The van der Waals surface area contributed by atoms with E-state index in [1.54, 1.807) is 24.3 Å². The van der Waals surface area contributed by atoms with E-state index in [4.69, 9.17) is 28.9 Å². The lowest BCUT2D eigenvalue weighted by molar-refractivity contribution is 0.683. The van der Waals surface area contributed by atoms with E-state index in [0.29, 0.717) is 25.7 Å². The minimum Gasteiger partial charge on any atom is -0.398 e. The minimum absolute atomic E-state index is 0.431. The van der Waals surface area contributed by atoms with Crippen LogP contribution in [0, 0.1) is 0 Å². The number of anilines is 1. The van der Waals surface area contributed by atoms with Gasteiger partial charge >= 0.3 is 0 Å². The lowest BCUT2D eigenvalue weighted by Crippen LogP contribution is -1.96. The molecule has 17 heavy (non-hydrogen) atoms. The Morgan fingerprint density at radius 1 is 1.24 bits per heavy atom. The van der Waals surface area contributed by atoms with Gasteiger partial charge in [0.05, 0.1) is 31.6 Å². The molecule has 0 amide bonds. The predicted octanol–water partition coefficient (Wildman–Crippen LogP) is 3.94. The molecule has 1 unspecified atom stereocenters. The number of benzene rings is 1. The van der Waals surface area contributed by atoms with Gasteiger partial charge in [0.25, 0.3) is 0 Å². The average molecular weight is 306 g/mol. The lowest BCUT2D eigenvalue weighted by Gasteiger charge is -2.03. The molecule has 2 N–H and O–H groups in total. The van der Waals surface area contributed by atoms with Crippen molar-refractivity contribution in [3.05, 3.63) is 44.6 Å². The van der Waals surface area contributed by atoms with Crippen molar-refractivity contribution in [2.24, 2.45) is 0 Å². The molecule has 1 aromatic heterocycles. The van der Waals surface area contributed by atoms with Gasteiger partial charge in [-0.3, -0.25) is 4.21 Å². The number of thiophene rings is 1. The van der Waals surface area contributed by atoms with Gasteiger partial charge in [-0.2, -0.15) is 0 Å². The molecular weight excluding hydrogens is 297 g/mol. The van der Waals surface area contributed by atoms with Gasteiger partial charge in [0.1, 0.15) is 0 Å². The highest BCUT2D eigenvalue weighted by molar-refractivity contribution is 7.84. The molecule has 0 aliphatic heterocycles. The van der Waals surface area contributed by atoms with Crippen molar-refractivity contribution in [1.82, 2.24) is 0 Å². The summed E-state index contributed by atoms with van der Waals surface area (Å²) in [5, 5.41) is 0.431. The first kappa shape index (κ1) is 12.9. The van der Waals surface area contributed by atoms with Gasteiger partial charge < -0.3 is 5.73 Å². The lowest BCUT2D eigenvalue weighted by atomic mass is 10.3. The maximum Gasteiger partial charge on any atom is 0.0931 e. The van der Waals surface area contributed by atoms with Crippen molar-refractivity contribution in [1.29, 1.82) is 0 Å². The number of hydrogen-bond donors (Lipinski definition) is 1. The van der Waals surface area contributed by atoms with Crippen molar-refractivity contribution in [2.45, 2.75) is 10.6 Å². The van der Waals surface area contributed by atoms with Crippen molar-refractivity contribution < 1.29 is 4.21 Å². The van der Waals surface area contributed by atoms with Crippen molar-refractivity contribution in [3.63, 3.8) is 0 Å². The molecular formula is C11H9Cl2NOS2. The number of nitrogens with two attached hydrogens (primary N) is 1. The Labute approximate surface area is 116 Å². The normalized spacial score (nSPS) is 12.6. The summed E-state index contributed by atoms with van der Waals surface area (Å²) in [6, 6.07) is 8.71. The third kappa shape index (κ3) is 3.22. The summed E-state index contributed by atoms with van der Waals surface area (Å²) in [5.74, 6) is 0.442. The molecule has 6 heteroatoms. The van der Waals surface area contributed by atoms with E-state index in [9.17, 15) is 4.21 Å². The molecule has 0 fully saturated rings. The van der Waals surface area contributed by atoms with Gasteiger partial charge in [-0.15, -0.1) is 11.3 Å². The second-order valence-electron chi connectivity index (χ2n) is 3.38. The van der Waals surface area contributed by atoms with Gasteiger partial charge in [0.15, 0.2) is 0 Å². The number of nitrogen functional groups attached to an aromatic ring is 1. The van der Waals surface area contributed by atoms with Crippen LogP contribution in [0.3, 0.4) is 0 Å². The SMILES string of the molecule is Nc1ccc(S(=O)Cc2ccc(Cl)s2)cc1Cl. The summed E-state index contributed by atoms with van der Waals surface area (Å²) < 4.78 is 12.8. The number of rotatable bonds is 3. The fraction of sp³-hybridized carbons (Fsp3) is 0.0909. The zero-order chi connectivity index (χ0) is 12.4. The van der Waals surface area contributed by atoms with E-state index in [1.165, 1.54) is 11.3 Å². The minimum atomic E-state index is -1.13. The molecule has 1 atom stereocenters. The monoisotopic (exact) mass is 305 g/mol. The maximum absolute atomic E-state index is 12.1. The van der Waals surface area contributed by atoms with Crippen LogP contribution in [0.5, 0.6) is 0 Å². The summed E-state index contributed by atoms with van der Waals surface area (Å²) in [5.41, 5.74) is 6.09. The molecule has 0 saturated carbocycles. The Hall–Kier alpha value is -0.550. The standard InChI is InChI=1S/C11H9Cl2NOS2/c12-9-5-8(2-3-10(9)14)17(15)6-7-1-4-11(13)16-7/h1-5H,6,14H2. The highest BCUT2D eigenvalue weighted by atomic mass is 35.5. The first-order chi connectivity index (χ1) is 8.06. The van der Waals surface area contributed by atoms with E-state index < -0.39 is 10.8 Å². The summed E-state index contributed by atoms with van der Waals surface area (Å²) >= 11 is 13.1. The van der Waals surface area contributed by atoms with E-state index in [-0.39, 0.29) is 0 Å². The maximum atomic E-state index is 12.1. The highest BCUT2D eigenvalue weighted by Gasteiger charge is 2.08. The molecule has 0 aliphatic carbocycles. The molecule has 2 aromatic rings. The molecule has 0 bridgehead atoms. The molecule has 0 aliphatic rings. The predicted molar refractivity (Wildman–Crippen MR) is 75.3 cm³/mol. The molecule has 2 nitrogen and oxygen atoms in total. The topological polar surface area (TPSA) is 43.1 Å². The average Bonchev–Trinajstić information content (AvgIpc) is 2.68. The fourth-order valence-corrected chi connectivity index (χ4v) is 3.97.